The number of carbonyl (C=O) groups excluding carboxylic acids is 1. The minimum atomic E-state index is -2.92. The quantitative estimate of drug-likeness (QED) is 0.491. The van der Waals surface area contributed by atoms with Crippen LogP contribution in [0.2, 0.25) is 5.54 Å². The molecule has 0 saturated carbocycles. The highest BCUT2D eigenvalue weighted by Gasteiger charge is 2.51. The Morgan fingerprint density at radius 2 is 1.60 bits per heavy atom. The lowest BCUT2D eigenvalue weighted by Gasteiger charge is -2.30. The summed E-state index contributed by atoms with van der Waals surface area (Å²) in [5, 5.41) is 0. The van der Waals surface area contributed by atoms with Crippen LogP contribution in [0.5, 0.6) is 0 Å². The van der Waals surface area contributed by atoms with Crippen molar-refractivity contribution in [2.75, 3.05) is 27.9 Å². The second kappa shape index (κ2) is 6.94. The summed E-state index contributed by atoms with van der Waals surface area (Å²) in [7, 11) is 1.54. The highest BCUT2D eigenvalue weighted by Crippen LogP contribution is 2.28. The minimum Gasteiger partial charge on any atom is -0.466 e. The van der Waals surface area contributed by atoms with Crippen molar-refractivity contribution < 1.29 is 22.8 Å². The van der Waals surface area contributed by atoms with Crippen molar-refractivity contribution in [2.24, 2.45) is 0 Å². The molecule has 0 amide bonds. The molecule has 6 heteroatoms. The molecule has 0 bridgehead atoms. The van der Waals surface area contributed by atoms with Gasteiger partial charge in [-0.15, -0.1) is 0 Å². The Hall–Kier alpha value is -0.433. The molecular formula is C9H20O5Si. The van der Waals surface area contributed by atoms with Crippen LogP contribution in [0.3, 0.4) is 0 Å². The van der Waals surface area contributed by atoms with Crippen molar-refractivity contribution in [3.05, 3.63) is 0 Å². The van der Waals surface area contributed by atoms with E-state index in [2.05, 4.69) is 0 Å². The first kappa shape index (κ1) is 14.6. The molecule has 1 atom stereocenters. The molecular weight excluding hydrogens is 216 g/mol. The van der Waals surface area contributed by atoms with E-state index in [0.717, 1.165) is 0 Å². The molecule has 0 saturated heterocycles. The largest absolute Gasteiger partial charge is 0.514 e. The van der Waals surface area contributed by atoms with Gasteiger partial charge in [0.2, 0.25) is 0 Å². The topological polar surface area (TPSA) is 54.0 Å². The summed E-state index contributed by atoms with van der Waals surface area (Å²) >= 11 is 0. The predicted octanol–water partition coefficient (Wildman–Crippen LogP) is 1.21. The van der Waals surface area contributed by atoms with Gasteiger partial charge < -0.3 is 18.0 Å². The third-order valence-corrected chi connectivity index (χ3v) is 5.46. The molecule has 0 aliphatic heterocycles. The van der Waals surface area contributed by atoms with Crippen LogP contribution >= 0.6 is 0 Å². The summed E-state index contributed by atoms with van der Waals surface area (Å²) in [5.41, 5.74) is -0.461. The molecule has 0 fully saturated rings. The van der Waals surface area contributed by atoms with Gasteiger partial charge in [-0.25, -0.2) is 0 Å². The monoisotopic (exact) mass is 236 g/mol. The Morgan fingerprint density at radius 1 is 1.13 bits per heavy atom. The van der Waals surface area contributed by atoms with Crippen molar-refractivity contribution >= 4 is 14.8 Å². The highest BCUT2D eigenvalue weighted by molar-refractivity contribution is 6.66. The van der Waals surface area contributed by atoms with Crippen LogP contribution in [0, 0.1) is 0 Å². The fourth-order valence-corrected chi connectivity index (χ4v) is 3.71. The number of ether oxygens (including phenoxy) is 1. The van der Waals surface area contributed by atoms with E-state index in [1.807, 2.05) is 6.92 Å². The molecule has 0 heterocycles. The Balaban J connectivity index is 4.80. The molecule has 90 valence electrons. The molecule has 0 rings (SSSR count). The van der Waals surface area contributed by atoms with Gasteiger partial charge in [0.25, 0.3) is 0 Å². The van der Waals surface area contributed by atoms with Crippen LogP contribution in [0.4, 0.5) is 0 Å². The van der Waals surface area contributed by atoms with Crippen molar-refractivity contribution in [2.45, 2.75) is 25.8 Å². The highest BCUT2D eigenvalue weighted by atomic mass is 28.4. The Kier molecular flexibility index (Phi) is 6.74. The molecule has 0 radical (unpaired) electrons. The Bertz CT molecular complexity index is 185. The smallest absolute Gasteiger partial charge is 0.466 e. The fraction of sp³-hybridized carbons (Fsp3) is 0.889. The van der Waals surface area contributed by atoms with Crippen LogP contribution < -0.4 is 0 Å². The molecule has 0 aliphatic rings. The Morgan fingerprint density at radius 3 is 1.87 bits per heavy atom. The van der Waals surface area contributed by atoms with E-state index >= 15 is 0 Å². The van der Waals surface area contributed by atoms with E-state index in [9.17, 15) is 4.79 Å². The maximum absolute atomic E-state index is 11.7. The molecule has 0 aromatic rings. The number of rotatable bonds is 7. The first-order valence-electron chi connectivity index (χ1n) is 4.93. The van der Waals surface area contributed by atoms with Gasteiger partial charge in [0.05, 0.1) is 6.61 Å². The number of carbonyl (C=O) groups is 1. The van der Waals surface area contributed by atoms with Crippen molar-refractivity contribution in [1.82, 2.24) is 0 Å². The molecule has 0 spiro atoms. The number of hydrogen-bond acceptors (Lipinski definition) is 5. The molecule has 15 heavy (non-hydrogen) atoms. The zero-order chi connectivity index (χ0) is 11.9. The van der Waals surface area contributed by atoms with E-state index in [1.54, 1.807) is 6.92 Å². The zero-order valence-electron chi connectivity index (χ0n) is 10.0. The third-order valence-electron chi connectivity index (χ3n) is 2.26. The summed E-state index contributed by atoms with van der Waals surface area (Å²) in [4.78, 5) is 11.7. The summed E-state index contributed by atoms with van der Waals surface area (Å²) in [6.07, 6.45) is 0.570. The van der Waals surface area contributed by atoms with Crippen LogP contribution in [0.25, 0.3) is 0 Å². The normalized spacial score (nSPS) is 13.7. The van der Waals surface area contributed by atoms with Gasteiger partial charge in [-0.3, -0.25) is 4.79 Å². The average Bonchev–Trinajstić information content (AvgIpc) is 2.26. The fourth-order valence-electron chi connectivity index (χ4n) is 1.48. The summed E-state index contributed by atoms with van der Waals surface area (Å²) in [5.74, 6) is -0.322. The molecule has 0 aromatic carbocycles. The van der Waals surface area contributed by atoms with E-state index in [0.29, 0.717) is 13.0 Å². The first-order chi connectivity index (χ1) is 7.11. The van der Waals surface area contributed by atoms with Gasteiger partial charge in [-0.1, -0.05) is 6.92 Å². The summed E-state index contributed by atoms with van der Waals surface area (Å²) in [6, 6.07) is 0. The average molecular weight is 236 g/mol. The lowest BCUT2D eigenvalue weighted by atomic mass is 10.3. The maximum atomic E-state index is 11.7. The Labute approximate surface area is 92.0 Å². The standard InChI is InChI=1S/C9H20O5Si/c1-6-8(9(10)14-7-2)15(11-3,12-4)13-5/h8H,6-7H2,1-5H3. The lowest BCUT2D eigenvalue weighted by molar-refractivity contribution is -0.144. The van der Waals surface area contributed by atoms with E-state index in [1.165, 1.54) is 21.3 Å². The van der Waals surface area contributed by atoms with E-state index < -0.39 is 14.3 Å². The zero-order valence-corrected chi connectivity index (χ0v) is 11.0. The van der Waals surface area contributed by atoms with Crippen molar-refractivity contribution in [1.29, 1.82) is 0 Å². The number of hydrogen-bond donors (Lipinski definition) is 0. The predicted molar refractivity (Wildman–Crippen MR) is 57.5 cm³/mol. The van der Waals surface area contributed by atoms with Crippen LogP contribution in [0.1, 0.15) is 20.3 Å². The first-order valence-corrected chi connectivity index (χ1v) is 6.74. The van der Waals surface area contributed by atoms with Crippen molar-refractivity contribution in [3.63, 3.8) is 0 Å². The van der Waals surface area contributed by atoms with Crippen molar-refractivity contribution in [3.8, 4) is 0 Å². The second-order valence-electron chi connectivity index (χ2n) is 2.93. The molecule has 1 unspecified atom stereocenters. The summed E-state index contributed by atoms with van der Waals surface area (Å²) < 4.78 is 20.7. The van der Waals surface area contributed by atoms with Gasteiger partial charge >= 0.3 is 14.8 Å². The summed E-state index contributed by atoms with van der Waals surface area (Å²) in [6.45, 7) is 3.98. The lowest BCUT2D eigenvalue weighted by Crippen LogP contribution is -2.50. The molecule has 0 N–H and O–H groups in total. The maximum Gasteiger partial charge on any atom is 0.514 e. The van der Waals surface area contributed by atoms with Gasteiger partial charge in [-0.2, -0.15) is 0 Å². The van der Waals surface area contributed by atoms with E-state index in [4.69, 9.17) is 18.0 Å². The van der Waals surface area contributed by atoms with Crippen LogP contribution in [-0.4, -0.2) is 42.7 Å². The van der Waals surface area contributed by atoms with Crippen LogP contribution in [0.15, 0.2) is 0 Å². The molecule has 0 aliphatic carbocycles. The van der Waals surface area contributed by atoms with Gasteiger partial charge in [-0.05, 0) is 13.3 Å². The van der Waals surface area contributed by atoms with Gasteiger partial charge in [0.1, 0.15) is 5.54 Å². The van der Waals surface area contributed by atoms with Crippen LogP contribution in [-0.2, 0) is 22.8 Å². The SMILES string of the molecule is CCOC(=O)C(CC)[Si](OC)(OC)OC. The minimum absolute atomic E-state index is 0.322. The second-order valence-corrected chi connectivity index (χ2v) is 6.06. The molecule has 0 aromatic heterocycles. The van der Waals surface area contributed by atoms with Gasteiger partial charge in [0.15, 0.2) is 0 Å². The third kappa shape index (κ3) is 3.27. The molecule has 5 nitrogen and oxygen atoms in total. The van der Waals surface area contributed by atoms with E-state index in [-0.39, 0.29) is 5.97 Å². The number of esters is 1. The van der Waals surface area contributed by atoms with Gasteiger partial charge in [0, 0.05) is 21.3 Å².